The zero-order valence-corrected chi connectivity index (χ0v) is 10.5. The van der Waals surface area contributed by atoms with E-state index in [1.807, 2.05) is 0 Å². The molecule has 0 atom stereocenters. The second-order valence-corrected chi connectivity index (χ2v) is 5.03. The van der Waals surface area contributed by atoms with Gasteiger partial charge < -0.3 is 9.42 Å². The lowest BCUT2D eigenvalue weighted by Crippen LogP contribution is -2.10. The monoisotopic (exact) mass is 237 g/mol. The predicted octanol–water partition coefficient (Wildman–Crippen LogP) is 2.42. The molecule has 0 spiro atoms. The minimum Gasteiger partial charge on any atom is -0.333 e. The Kier molecular flexibility index (Phi) is 3.36. The summed E-state index contributed by atoms with van der Waals surface area (Å²) in [4.78, 5) is 8.68. The Morgan fingerprint density at radius 3 is 2.81 bits per heavy atom. The van der Waals surface area contributed by atoms with E-state index in [0.717, 1.165) is 17.8 Å². The van der Waals surface area contributed by atoms with Crippen LogP contribution in [0.2, 0.25) is 0 Å². The van der Waals surface area contributed by atoms with Gasteiger partial charge in [-0.3, -0.25) is 0 Å². The van der Waals surface area contributed by atoms with Crippen LogP contribution in [0, 0.1) is 0 Å². The van der Waals surface area contributed by atoms with E-state index in [9.17, 15) is 0 Å². The lowest BCUT2D eigenvalue weighted by molar-refractivity contribution is 0.405. The molecule has 0 bridgehead atoms. The van der Waals surface area contributed by atoms with E-state index in [-0.39, 0.29) is 0 Å². The van der Waals surface area contributed by atoms with Crippen LogP contribution in [0.1, 0.15) is 17.4 Å². The van der Waals surface area contributed by atoms with Crippen molar-refractivity contribution in [1.82, 2.24) is 15.0 Å². The molecule has 2 rings (SSSR count). The summed E-state index contributed by atoms with van der Waals surface area (Å²) in [5, 5.41) is 3.63. The maximum atomic E-state index is 5.07. The highest BCUT2D eigenvalue weighted by atomic mass is 32.1. The lowest BCUT2D eigenvalue weighted by Gasteiger charge is -2.08. The van der Waals surface area contributed by atoms with Crippen molar-refractivity contribution in [2.45, 2.75) is 19.9 Å². The number of aryl methyl sites for hydroxylation is 1. The van der Waals surface area contributed by atoms with Crippen LogP contribution in [0.4, 0.5) is 0 Å². The van der Waals surface area contributed by atoms with Crippen molar-refractivity contribution in [2.75, 3.05) is 14.1 Å². The third-order valence-corrected chi connectivity index (χ3v) is 3.46. The van der Waals surface area contributed by atoms with E-state index in [0.29, 0.717) is 5.89 Å². The van der Waals surface area contributed by atoms with Gasteiger partial charge in [0.05, 0.1) is 4.88 Å². The summed E-state index contributed by atoms with van der Waals surface area (Å²) in [6, 6.07) is 2.15. The second-order valence-electron chi connectivity index (χ2n) is 3.90. The highest BCUT2D eigenvalue weighted by molar-refractivity contribution is 7.15. The molecule has 2 aromatic heterocycles. The molecule has 0 unspecified atom stereocenters. The van der Waals surface area contributed by atoms with Crippen LogP contribution >= 0.6 is 11.3 Å². The van der Waals surface area contributed by atoms with Gasteiger partial charge in [-0.1, -0.05) is 12.1 Å². The molecule has 86 valence electrons. The van der Waals surface area contributed by atoms with Crippen molar-refractivity contribution in [3.8, 4) is 10.8 Å². The van der Waals surface area contributed by atoms with Crippen LogP contribution in [0.3, 0.4) is 0 Å². The minimum absolute atomic E-state index is 0.615. The highest BCUT2D eigenvalue weighted by Crippen LogP contribution is 2.31. The van der Waals surface area contributed by atoms with Crippen molar-refractivity contribution in [1.29, 1.82) is 0 Å². The van der Waals surface area contributed by atoms with Crippen LogP contribution in [0.15, 0.2) is 16.9 Å². The first-order chi connectivity index (χ1) is 7.70. The standard InChI is InChI=1S/C11H15N3OS/c1-4-8-5-9(11-12-7-13-15-11)16-10(8)6-14(2)3/h5,7H,4,6H2,1-3H3. The van der Waals surface area contributed by atoms with Crippen molar-refractivity contribution in [2.24, 2.45) is 0 Å². The van der Waals surface area contributed by atoms with E-state index in [2.05, 4.69) is 42.1 Å². The zero-order chi connectivity index (χ0) is 11.5. The molecule has 2 heterocycles. The van der Waals surface area contributed by atoms with Gasteiger partial charge >= 0.3 is 0 Å². The summed E-state index contributed by atoms with van der Waals surface area (Å²) >= 11 is 1.73. The third-order valence-electron chi connectivity index (χ3n) is 2.31. The largest absolute Gasteiger partial charge is 0.333 e. The fourth-order valence-corrected chi connectivity index (χ4v) is 2.87. The average molecular weight is 237 g/mol. The first-order valence-electron chi connectivity index (χ1n) is 5.24. The molecule has 0 aromatic carbocycles. The van der Waals surface area contributed by atoms with Gasteiger partial charge in [0.2, 0.25) is 0 Å². The number of thiophene rings is 1. The van der Waals surface area contributed by atoms with E-state index in [4.69, 9.17) is 4.52 Å². The highest BCUT2D eigenvalue weighted by Gasteiger charge is 2.13. The number of nitrogens with zero attached hydrogens (tertiary/aromatic N) is 3. The van der Waals surface area contributed by atoms with Gasteiger partial charge in [0.25, 0.3) is 5.89 Å². The molecule has 0 saturated heterocycles. The normalized spacial score (nSPS) is 11.2. The Balaban J connectivity index is 2.32. The molecule has 16 heavy (non-hydrogen) atoms. The number of hydrogen-bond acceptors (Lipinski definition) is 5. The molecule has 4 nitrogen and oxygen atoms in total. The summed E-state index contributed by atoms with van der Waals surface area (Å²) in [7, 11) is 4.15. The Morgan fingerprint density at radius 2 is 2.25 bits per heavy atom. The molecular weight excluding hydrogens is 222 g/mol. The van der Waals surface area contributed by atoms with Gasteiger partial charge in [0.15, 0.2) is 6.33 Å². The van der Waals surface area contributed by atoms with Crippen LogP contribution in [0.25, 0.3) is 10.8 Å². The maximum Gasteiger partial charge on any atom is 0.267 e. The molecular formula is C11H15N3OS. The molecule has 0 aliphatic heterocycles. The second kappa shape index (κ2) is 4.76. The summed E-state index contributed by atoms with van der Waals surface area (Å²) in [5.41, 5.74) is 1.37. The summed E-state index contributed by atoms with van der Waals surface area (Å²) in [6.45, 7) is 3.13. The van der Waals surface area contributed by atoms with Gasteiger partial charge in [0, 0.05) is 11.4 Å². The van der Waals surface area contributed by atoms with E-state index < -0.39 is 0 Å². The minimum atomic E-state index is 0.615. The number of rotatable bonds is 4. The van der Waals surface area contributed by atoms with Crippen molar-refractivity contribution in [3.63, 3.8) is 0 Å². The molecule has 2 aromatic rings. The van der Waals surface area contributed by atoms with Crippen LogP contribution in [0.5, 0.6) is 0 Å². The van der Waals surface area contributed by atoms with Crippen molar-refractivity contribution >= 4 is 11.3 Å². The molecule has 0 aliphatic rings. The Morgan fingerprint density at radius 1 is 1.44 bits per heavy atom. The average Bonchev–Trinajstić information content (AvgIpc) is 2.83. The van der Waals surface area contributed by atoms with Gasteiger partial charge in [-0.05, 0) is 32.1 Å². The molecule has 0 aliphatic carbocycles. The first kappa shape index (κ1) is 11.3. The topological polar surface area (TPSA) is 42.2 Å². The smallest absolute Gasteiger partial charge is 0.267 e. The van der Waals surface area contributed by atoms with Crippen LogP contribution < -0.4 is 0 Å². The molecule has 0 fully saturated rings. The third kappa shape index (κ3) is 2.31. The lowest BCUT2D eigenvalue weighted by atomic mass is 10.2. The van der Waals surface area contributed by atoms with Gasteiger partial charge in [-0.2, -0.15) is 4.98 Å². The van der Waals surface area contributed by atoms with Crippen molar-refractivity contribution in [3.05, 3.63) is 22.8 Å². The summed E-state index contributed by atoms with van der Waals surface area (Å²) < 4.78 is 5.07. The van der Waals surface area contributed by atoms with Gasteiger partial charge in [-0.25, -0.2) is 0 Å². The molecule has 0 amide bonds. The number of aromatic nitrogens is 2. The summed E-state index contributed by atoms with van der Waals surface area (Å²) in [5.74, 6) is 0.615. The fourth-order valence-electron chi connectivity index (χ4n) is 1.57. The quantitative estimate of drug-likeness (QED) is 0.819. The Bertz CT molecular complexity index is 448. The van der Waals surface area contributed by atoms with Crippen molar-refractivity contribution < 1.29 is 4.52 Å². The maximum absolute atomic E-state index is 5.07. The van der Waals surface area contributed by atoms with E-state index in [1.54, 1.807) is 11.3 Å². The fraction of sp³-hybridized carbons (Fsp3) is 0.455. The van der Waals surface area contributed by atoms with Crippen LogP contribution in [-0.2, 0) is 13.0 Å². The SMILES string of the molecule is CCc1cc(-c2ncno2)sc1CN(C)C. The van der Waals surface area contributed by atoms with E-state index in [1.165, 1.54) is 16.8 Å². The summed E-state index contributed by atoms with van der Waals surface area (Å²) in [6.07, 6.45) is 2.47. The van der Waals surface area contributed by atoms with Crippen LogP contribution in [-0.4, -0.2) is 29.1 Å². The Labute approximate surface area is 98.9 Å². The van der Waals surface area contributed by atoms with Gasteiger partial charge in [0.1, 0.15) is 0 Å². The molecule has 0 radical (unpaired) electrons. The van der Waals surface area contributed by atoms with Gasteiger partial charge in [-0.15, -0.1) is 11.3 Å². The zero-order valence-electron chi connectivity index (χ0n) is 9.73. The predicted molar refractivity (Wildman–Crippen MR) is 64.4 cm³/mol. The van der Waals surface area contributed by atoms with E-state index >= 15 is 0 Å². The molecule has 5 heteroatoms. The molecule has 0 saturated carbocycles. The first-order valence-corrected chi connectivity index (χ1v) is 6.05. The molecule has 0 N–H and O–H groups in total. The Hall–Kier alpha value is -1.20. The number of hydrogen-bond donors (Lipinski definition) is 0.